The van der Waals surface area contributed by atoms with Gasteiger partial charge in [-0.25, -0.2) is 4.63 Å². The summed E-state index contributed by atoms with van der Waals surface area (Å²) in [6.45, 7) is 10.3. The Morgan fingerprint density at radius 1 is 1.07 bits per heavy atom. The Labute approximate surface area is 174 Å². The van der Waals surface area contributed by atoms with Crippen molar-refractivity contribution in [3.05, 3.63) is 58.3 Å². The standard InChI is InChI=1S/C23H23N3O4/c1-6-28-17-8-7-16(11-13(17)3)20-22(26-30-25-20)24-23(27)21-15(5)19-14(4)9-12(2)10-18(19)29-21/h7-11H,6H2,1-5H3,(H,24,26,27). The third-order valence-electron chi connectivity index (χ3n) is 5.05. The first-order valence-corrected chi connectivity index (χ1v) is 9.77. The number of nitrogens with one attached hydrogen (secondary N) is 1. The van der Waals surface area contributed by atoms with E-state index >= 15 is 0 Å². The van der Waals surface area contributed by atoms with E-state index in [1.165, 1.54) is 0 Å². The van der Waals surface area contributed by atoms with Crippen LogP contribution in [-0.4, -0.2) is 22.8 Å². The van der Waals surface area contributed by atoms with Crippen LogP contribution in [0, 0.1) is 27.7 Å². The van der Waals surface area contributed by atoms with E-state index < -0.39 is 5.91 Å². The van der Waals surface area contributed by atoms with Crippen molar-refractivity contribution in [3.63, 3.8) is 0 Å². The van der Waals surface area contributed by atoms with Crippen LogP contribution in [0.25, 0.3) is 22.2 Å². The molecular formula is C23H23N3O4. The molecule has 7 heteroatoms. The fourth-order valence-corrected chi connectivity index (χ4v) is 3.74. The summed E-state index contributed by atoms with van der Waals surface area (Å²) in [5.41, 5.74) is 5.78. The Morgan fingerprint density at radius 3 is 2.60 bits per heavy atom. The van der Waals surface area contributed by atoms with Crippen molar-refractivity contribution in [2.24, 2.45) is 0 Å². The smallest absolute Gasteiger partial charge is 0.292 e. The van der Waals surface area contributed by atoms with Crippen LogP contribution in [0.5, 0.6) is 5.75 Å². The molecule has 0 aliphatic heterocycles. The first-order valence-electron chi connectivity index (χ1n) is 9.77. The van der Waals surface area contributed by atoms with Crippen molar-refractivity contribution in [1.82, 2.24) is 10.3 Å². The van der Waals surface area contributed by atoms with Crippen LogP contribution in [0.4, 0.5) is 5.82 Å². The number of fused-ring (bicyclic) bond motifs is 1. The van der Waals surface area contributed by atoms with Crippen molar-refractivity contribution < 1.29 is 18.6 Å². The number of hydrogen-bond acceptors (Lipinski definition) is 6. The summed E-state index contributed by atoms with van der Waals surface area (Å²) < 4.78 is 16.4. The summed E-state index contributed by atoms with van der Waals surface area (Å²) in [4.78, 5) is 13.0. The maximum Gasteiger partial charge on any atom is 0.292 e. The molecule has 0 aliphatic carbocycles. The molecule has 0 radical (unpaired) electrons. The van der Waals surface area contributed by atoms with Crippen molar-refractivity contribution in [1.29, 1.82) is 0 Å². The van der Waals surface area contributed by atoms with Gasteiger partial charge in [0.1, 0.15) is 11.3 Å². The van der Waals surface area contributed by atoms with Gasteiger partial charge in [0.05, 0.1) is 6.61 Å². The lowest BCUT2D eigenvalue weighted by Crippen LogP contribution is -2.13. The average Bonchev–Trinajstić information content (AvgIpc) is 3.28. The molecule has 154 valence electrons. The van der Waals surface area contributed by atoms with Crippen LogP contribution in [0.15, 0.2) is 39.4 Å². The zero-order chi connectivity index (χ0) is 21.4. The number of anilines is 1. The average molecular weight is 405 g/mol. The lowest BCUT2D eigenvalue weighted by Gasteiger charge is -2.08. The molecule has 0 atom stereocenters. The van der Waals surface area contributed by atoms with Crippen molar-refractivity contribution >= 4 is 22.7 Å². The highest BCUT2D eigenvalue weighted by atomic mass is 16.6. The van der Waals surface area contributed by atoms with Crippen LogP contribution in [0.1, 0.15) is 39.7 Å². The Bertz CT molecular complexity index is 1250. The lowest BCUT2D eigenvalue weighted by atomic mass is 10.0. The van der Waals surface area contributed by atoms with Gasteiger partial charge in [-0.05, 0) is 85.9 Å². The quantitative estimate of drug-likeness (QED) is 0.480. The molecule has 7 nitrogen and oxygen atoms in total. The highest BCUT2D eigenvalue weighted by Gasteiger charge is 2.22. The molecule has 0 fully saturated rings. The lowest BCUT2D eigenvalue weighted by molar-refractivity contribution is 0.0997. The Balaban J connectivity index is 1.66. The summed E-state index contributed by atoms with van der Waals surface area (Å²) in [6.07, 6.45) is 0. The molecule has 0 saturated carbocycles. The van der Waals surface area contributed by atoms with Crippen molar-refractivity contribution in [2.75, 3.05) is 11.9 Å². The molecular weight excluding hydrogens is 382 g/mol. The monoisotopic (exact) mass is 405 g/mol. The fraction of sp³-hybridized carbons (Fsp3) is 0.261. The van der Waals surface area contributed by atoms with E-state index in [-0.39, 0.29) is 11.6 Å². The molecule has 0 unspecified atom stereocenters. The van der Waals surface area contributed by atoms with Gasteiger partial charge < -0.3 is 9.15 Å². The summed E-state index contributed by atoms with van der Waals surface area (Å²) in [6, 6.07) is 9.63. The number of carbonyl (C=O) groups is 1. The summed E-state index contributed by atoms with van der Waals surface area (Å²) in [5.74, 6) is 0.874. The third-order valence-corrected chi connectivity index (χ3v) is 5.05. The number of carbonyl (C=O) groups excluding carboxylic acids is 1. The molecule has 1 amide bonds. The number of ether oxygens (including phenoxy) is 1. The topological polar surface area (TPSA) is 90.4 Å². The molecule has 0 bridgehead atoms. The third kappa shape index (κ3) is 3.43. The summed E-state index contributed by atoms with van der Waals surface area (Å²) in [5, 5.41) is 11.6. The highest BCUT2D eigenvalue weighted by molar-refractivity contribution is 6.07. The second-order valence-corrected chi connectivity index (χ2v) is 7.34. The van der Waals surface area contributed by atoms with Crippen LogP contribution < -0.4 is 10.1 Å². The molecule has 0 saturated heterocycles. The fourth-order valence-electron chi connectivity index (χ4n) is 3.74. The minimum Gasteiger partial charge on any atom is -0.494 e. The van der Waals surface area contributed by atoms with Gasteiger partial charge >= 0.3 is 0 Å². The number of furan rings is 1. The highest BCUT2D eigenvalue weighted by Crippen LogP contribution is 2.32. The molecule has 4 rings (SSSR count). The molecule has 2 heterocycles. The predicted octanol–water partition coefficient (Wildman–Crippen LogP) is 5.37. The van der Waals surface area contributed by atoms with Gasteiger partial charge in [0, 0.05) is 16.5 Å². The van der Waals surface area contributed by atoms with E-state index in [9.17, 15) is 4.79 Å². The first kappa shape index (κ1) is 19.7. The Hall–Kier alpha value is -3.61. The van der Waals surface area contributed by atoms with Gasteiger partial charge in [-0.15, -0.1) is 0 Å². The van der Waals surface area contributed by atoms with E-state index in [4.69, 9.17) is 13.8 Å². The number of nitrogens with zero attached hydrogens (tertiary/aromatic N) is 2. The van der Waals surface area contributed by atoms with Gasteiger partial charge in [-0.1, -0.05) is 6.07 Å². The zero-order valence-corrected chi connectivity index (χ0v) is 17.6. The van der Waals surface area contributed by atoms with Crippen molar-refractivity contribution in [2.45, 2.75) is 34.6 Å². The van der Waals surface area contributed by atoms with Gasteiger partial charge in [0.25, 0.3) is 5.91 Å². The second kappa shape index (κ2) is 7.67. The molecule has 2 aromatic heterocycles. The summed E-state index contributed by atoms with van der Waals surface area (Å²) in [7, 11) is 0. The molecule has 30 heavy (non-hydrogen) atoms. The van der Waals surface area contributed by atoms with E-state index in [0.717, 1.165) is 39.0 Å². The number of rotatable bonds is 5. The van der Waals surface area contributed by atoms with Crippen LogP contribution in [0.2, 0.25) is 0 Å². The zero-order valence-electron chi connectivity index (χ0n) is 17.6. The van der Waals surface area contributed by atoms with Crippen molar-refractivity contribution in [3.8, 4) is 17.0 Å². The molecule has 1 N–H and O–H groups in total. The number of aryl methyl sites for hydroxylation is 4. The van der Waals surface area contributed by atoms with E-state index in [2.05, 4.69) is 21.7 Å². The number of benzene rings is 2. The van der Waals surface area contributed by atoms with E-state index in [1.807, 2.05) is 58.9 Å². The van der Waals surface area contributed by atoms with Gasteiger partial charge in [0.2, 0.25) is 5.82 Å². The minimum atomic E-state index is -0.402. The predicted molar refractivity (Wildman–Crippen MR) is 114 cm³/mol. The second-order valence-electron chi connectivity index (χ2n) is 7.34. The number of hydrogen-bond donors (Lipinski definition) is 1. The van der Waals surface area contributed by atoms with Crippen LogP contribution in [0.3, 0.4) is 0 Å². The van der Waals surface area contributed by atoms with Crippen LogP contribution in [-0.2, 0) is 0 Å². The Morgan fingerprint density at radius 2 is 1.87 bits per heavy atom. The first-order chi connectivity index (χ1) is 14.4. The molecule has 0 aliphatic rings. The number of aromatic nitrogens is 2. The minimum absolute atomic E-state index is 0.233. The summed E-state index contributed by atoms with van der Waals surface area (Å²) >= 11 is 0. The van der Waals surface area contributed by atoms with Gasteiger partial charge in [0.15, 0.2) is 11.5 Å². The van der Waals surface area contributed by atoms with Crippen LogP contribution >= 0.6 is 0 Å². The molecule has 0 spiro atoms. The van der Waals surface area contributed by atoms with Gasteiger partial charge in [-0.3, -0.25) is 10.1 Å². The largest absolute Gasteiger partial charge is 0.494 e. The normalized spacial score (nSPS) is 11.1. The SMILES string of the molecule is CCOc1ccc(-c2nonc2NC(=O)c2oc3cc(C)cc(C)c3c2C)cc1C. The molecule has 4 aromatic rings. The number of amides is 1. The molecule has 2 aromatic carbocycles. The maximum atomic E-state index is 13.0. The van der Waals surface area contributed by atoms with E-state index in [1.54, 1.807) is 0 Å². The maximum absolute atomic E-state index is 13.0. The Kier molecular flexibility index (Phi) is 5.03. The van der Waals surface area contributed by atoms with Gasteiger partial charge in [-0.2, -0.15) is 0 Å². The van der Waals surface area contributed by atoms with E-state index in [0.29, 0.717) is 17.9 Å².